The second-order valence-corrected chi connectivity index (χ2v) is 7.87. The van der Waals surface area contributed by atoms with Crippen LogP contribution in [0.1, 0.15) is 18.2 Å². The summed E-state index contributed by atoms with van der Waals surface area (Å²) in [5.74, 6) is 1.71. The average molecular weight is 494 g/mol. The number of nitrogens with zero attached hydrogens (tertiary/aromatic N) is 2. The summed E-state index contributed by atoms with van der Waals surface area (Å²) >= 11 is 1.79. The zero-order chi connectivity index (χ0) is 18.1. The molecule has 1 aromatic rings. The smallest absolute Gasteiger partial charge is 0.243 e. The van der Waals surface area contributed by atoms with Gasteiger partial charge in [0.05, 0.1) is 6.61 Å². The minimum Gasteiger partial charge on any atom is -0.381 e. The fourth-order valence-corrected chi connectivity index (χ4v) is 3.43. The third-order valence-corrected chi connectivity index (χ3v) is 5.10. The third-order valence-electron chi connectivity index (χ3n) is 4.20. The molecule has 1 saturated heterocycles. The van der Waals surface area contributed by atoms with Gasteiger partial charge < -0.3 is 20.3 Å². The quantitative estimate of drug-likeness (QED) is 0.331. The van der Waals surface area contributed by atoms with Gasteiger partial charge in [0.15, 0.2) is 5.96 Å². The summed E-state index contributed by atoms with van der Waals surface area (Å²) in [6.45, 7) is 5.65. The molecule has 2 atom stereocenters. The number of carbonyl (C=O) groups is 1. The Hall–Kier alpha value is -0.870. The second-order valence-electron chi connectivity index (χ2n) is 6.83. The van der Waals surface area contributed by atoms with E-state index in [9.17, 15) is 4.79 Å². The van der Waals surface area contributed by atoms with Crippen molar-refractivity contribution in [2.45, 2.75) is 19.8 Å². The highest BCUT2D eigenvalue weighted by Gasteiger charge is 2.16. The van der Waals surface area contributed by atoms with Crippen LogP contribution < -0.4 is 10.6 Å². The average Bonchev–Trinajstić information content (AvgIpc) is 3.27. The predicted molar refractivity (Wildman–Crippen MR) is 119 cm³/mol. The zero-order valence-corrected chi connectivity index (χ0v) is 19.0. The third kappa shape index (κ3) is 8.68. The van der Waals surface area contributed by atoms with Crippen molar-refractivity contribution < 1.29 is 9.53 Å². The highest BCUT2D eigenvalue weighted by molar-refractivity contribution is 14.0. The van der Waals surface area contributed by atoms with Gasteiger partial charge in [0, 0.05) is 44.6 Å². The Labute approximate surface area is 177 Å². The maximum atomic E-state index is 11.8. The first-order chi connectivity index (χ1) is 12.0. The van der Waals surface area contributed by atoms with Crippen LogP contribution in [0.25, 0.3) is 0 Å². The lowest BCUT2D eigenvalue weighted by Crippen LogP contribution is -2.42. The number of aliphatic imine (C=N–C) groups is 1. The van der Waals surface area contributed by atoms with E-state index >= 15 is 0 Å². The maximum Gasteiger partial charge on any atom is 0.243 e. The van der Waals surface area contributed by atoms with Gasteiger partial charge in [0.2, 0.25) is 5.91 Å². The molecule has 1 aliphatic rings. The van der Waals surface area contributed by atoms with Crippen molar-refractivity contribution in [2.75, 3.05) is 46.9 Å². The molecule has 6 nitrogen and oxygen atoms in total. The molecule has 1 aromatic heterocycles. The minimum atomic E-state index is -0.00284. The number of guanidine groups is 1. The topological polar surface area (TPSA) is 66.0 Å². The highest BCUT2D eigenvalue weighted by atomic mass is 127. The van der Waals surface area contributed by atoms with Crippen molar-refractivity contribution in [3.63, 3.8) is 0 Å². The van der Waals surface area contributed by atoms with E-state index in [0.717, 1.165) is 39.1 Å². The molecule has 148 valence electrons. The molecule has 0 spiro atoms. The molecule has 1 aliphatic heterocycles. The summed E-state index contributed by atoms with van der Waals surface area (Å²) in [6.07, 6.45) is 2.12. The number of hydrogen-bond donors (Lipinski definition) is 2. The number of hydrogen-bond acceptors (Lipinski definition) is 4. The lowest BCUT2D eigenvalue weighted by Gasteiger charge is -2.18. The van der Waals surface area contributed by atoms with Crippen LogP contribution >= 0.6 is 35.3 Å². The van der Waals surface area contributed by atoms with Gasteiger partial charge in [-0.1, -0.05) is 13.0 Å². The van der Waals surface area contributed by atoms with Crippen molar-refractivity contribution in [3.05, 3.63) is 22.4 Å². The summed E-state index contributed by atoms with van der Waals surface area (Å²) in [6, 6.07) is 4.26. The molecule has 2 N–H and O–H groups in total. The largest absolute Gasteiger partial charge is 0.381 e. The van der Waals surface area contributed by atoms with Crippen molar-refractivity contribution >= 4 is 47.2 Å². The van der Waals surface area contributed by atoms with Crippen LogP contribution in [0.4, 0.5) is 0 Å². The van der Waals surface area contributed by atoms with Gasteiger partial charge in [-0.2, -0.15) is 0 Å². The van der Waals surface area contributed by atoms with E-state index in [1.807, 2.05) is 0 Å². The molecule has 1 fully saturated rings. The predicted octanol–water partition coefficient (Wildman–Crippen LogP) is 2.20. The Morgan fingerprint density at radius 2 is 2.27 bits per heavy atom. The molecule has 2 rings (SSSR count). The molecule has 2 unspecified atom stereocenters. The fourth-order valence-electron chi connectivity index (χ4n) is 2.56. The van der Waals surface area contributed by atoms with Crippen LogP contribution in [0.15, 0.2) is 22.5 Å². The Kier molecular flexibility index (Phi) is 11.1. The second kappa shape index (κ2) is 12.5. The first-order valence-electron chi connectivity index (χ1n) is 8.87. The molecule has 1 amide bonds. The Balaban J connectivity index is 0.00000338. The van der Waals surface area contributed by atoms with Gasteiger partial charge in [-0.05, 0) is 30.2 Å². The van der Waals surface area contributed by atoms with Crippen LogP contribution in [-0.4, -0.2) is 63.7 Å². The normalized spacial score (nSPS) is 18.1. The molecule has 8 heteroatoms. The lowest BCUT2D eigenvalue weighted by molar-refractivity contribution is -0.127. The Bertz CT molecular complexity index is 545. The van der Waals surface area contributed by atoms with E-state index in [1.54, 1.807) is 30.3 Å². The maximum absolute atomic E-state index is 11.8. The molecule has 0 aromatic carbocycles. The summed E-state index contributed by atoms with van der Waals surface area (Å²) in [5, 5.41) is 8.85. The van der Waals surface area contributed by atoms with Crippen LogP contribution in [0.2, 0.25) is 0 Å². The molecule has 2 heterocycles. The van der Waals surface area contributed by atoms with Crippen molar-refractivity contribution in [1.29, 1.82) is 0 Å². The van der Waals surface area contributed by atoms with E-state index in [0.29, 0.717) is 17.8 Å². The first kappa shape index (κ1) is 23.2. The molecular formula is C18H31IN4O2S. The number of halogens is 1. The highest BCUT2D eigenvalue weighted by Crippen LogP contribution is 2.14. The van der Waals surface area contributed by atoms with Crippen LogP contribution in [-0.2, 0) is 16.0 Å². The van der Waals surface area contributed by atoms with E-state index in [2.05, 4.69) is 40.1 Å². The zero-order valence-electron chi connectivity index (χ0n) is 15.9. The summed E-state index contributed by atoms with van der Waals surface area (Å²) in [5.41, 5.74) is 0. The van der Waals surface area contributed by atoms with Gasteiger partial charge in [0.25, 0.3) is 0 Å². The van der Waals surface area contributed by atoms with Crippen LogP contribution in [0.3, 0.4) is 0 Å². The number of nitrogens with one attached hydrogen (secondary N) is 2. The van der Waals surface area contributed by atoms with Crippen molar-refractivity contribution in [1.82, 2.24) is 15.5 Å². The van der Waals surface area contributed by atoms with E-state index in [4.69, 9.17) is 4.74 Å². The molecule has 0 bridgehead atoms. The number of amides is 1. The van der Waals surface area contributed by atoms with Crippen LogP contribution in [0.5, 0.6) is 0 Å². The van der Waals surface area contributed by atoms with Crippen LogP contribution in [0, 0.1) is 11.8 Å². The van der Waals surface area contributed by atoms with E-state index in [-0.39, 0.29) is 36.4 Å². The van der Waals surface area contributed by atoms with Gasteiger partial charge in [-0.25, -0.2) is 4.99 Å². The number of ether oxygens (including phenoxy) is 1. The minimum absolute atomic E-state index is 0. The Morgan fingerprint density at radius 3 is 2.88 bits per heavy atom. The van der Waals surface area contributed by atoms with E-state index in [1.165, 1.54) is 4.88 Å². The molecule has 0 saturated carbocycles. The van der Waals surface area contributed by atoms with Crippen molar-refractivity contribution in [3.8, 4) is 0 Å². The molecular weight excluding hydrogens is 463 g/mol. The number of carbonyl (C=O) groups excluding carboxylic acids is 1. The standard InChI is InChI=1S/C18H30N4O2S.HI/c1-14(9-16-5-4-8-25-16)10-19-18(21-12-17(23)22(2)3)20-11-15-6-7-24-13-15;/h4-5,8,14-15H,6-7,9-13H2,1-3H3,(H2,19,20,21);1H. The number of rotatable bonds is 8. The summed E-state index contributed by atoms with van der Waals surface area (Å²) in [7, 11) is 3.49. The molecule has 0 radical (unpaired) electrons. The summed E-state index contributed by atoms with van der Waals surface area (Å²) < 4.78 is 5.42. The van der Waals surface area contributed by atoms with Crippen molar-refractivity contribution in [2.24, 2.45) is 16.8 Å². The Morgan fingerprint density at radius 1 is 1.46 bits per heavy atom. The lowest BCUT2D eigenvalue weighted by atomic mass is 10.1. The molecule has 0 aliphatic carbocycles. The number of likely N-dealkylation sites (N-methyl/N-ethyl adjacent to an activating group) is 1. The fraction of sp³-hybridized carbons (Fsp3) is 0.667. The van der Waals surface area contributed by atoms with Gasteiger partial charge in [-0.15, -0.1) is 35.3 Å². The molecule has 26 heavy (non-hydrogen) atoms. The van der Waals surface area contributed by atoms with Gasteiger partial charge in [0.1, 0.15) is 6.54 Å². The van der Waals surface area contributed by atoms with E-state index < -0.39 is 0 Å². The SMILES string of the molecule is CC(CNC(=NCC(=O)N(C)C)NCC1CCOC1)Cc1cccs1.I. The number of thiophene rings is 1. The first-order valence-corrected chi connectivity index (χ1v) is 9.75. The van der Waals surface area contributed by atoms with Gasteiger partial charge >= 0.3 is 0 Å². The summed E-state index contributed by atoms with van der Waals surface area (Å²) in [4.78, 5) is 19.2. The van der Waals surface area contributed by atoms with Gasteiger partial charge in [-0.3, -0.25) is 4.79 Å². The monoisotopic (exact) mass is 494 g/mol.